The van der Waals surface area contributed by atoms with E-state index in [1.807, 2.05) is 0 Å². The van der Waals surface area contributed by atoms with Gasteiger partial charge in [0, 0.05) is 6.04 Å². The molecule has 1 N–H and O–H groups in total. The van der Waals surface area contributed by atoms with E-state index in [1.54, 1.807) is 0 Å². The Morgan fingerprint density at radius 3 is 2.77 bits per heavy atom. The van der Waals surface area contributed by atoms with Crippen molar-refractivity contribution in [2.75, 3.05) is 6.54 Å². The van der Waals surface area contributed by atoms with E-state index in [-0.39, 0.29) is 0 Å². The molecule has 1 saturated carbocycles. The first-order chi connectivity index (χ1) is 6.29. The summed E-state index contributed by atoms with van der Waals surface area (Å²) in [5, 5.41) is 3.51. The van der Waals surface area contributed by atoms with Crippen molar-refractivity contribution in [2.24, 2.45) is 17.8 Å². The van der Waals surface area contributed by atoms with Crippen molar-refractivity contribution < 1.29 is 0 Å². The Labute approximate surface area is 81.6 Å². The fourth-order valence-electron chi connectivity index (χ4n) is 3.05. The maximum Gasteiger partial charge on any atom is 0.00414 e. The normalized spacial score (nSPS) is 38.5. The highest BCUT2D eigenvalue weighted by Gasteiger charge is 2.35. The van der Waals surface area contributed by atoms with Crippen molar-refractivity contribution in [3.63, 3.8) is 0 Å². The molecule has 0 radical (unpaired) electrons. The average Bonchev–Trinajstić information content (AvgIpc) is 2.65. The van der Waals surface area contributed by atoms with Crippen LogP contribution in [0.5, 0.6) is 0 Å². The van der Waals surface area contributed by atoms with E-state index in [0.717, 1.165) is 24.3 Å². The molecule has 0 aliphatic heterocycles. The number of fused-ring (bicyclic) bond motifs is 2. The van der Waals surface area contributed by atoms with Crippen LogP contribution in [0.1, 0.15) is 33.1 Å². The maximum absolute atomic E-state index is 3.51. The van der Waals surface area contributed by atoms with Crippen LogP contribution >= 0.6 is 0 Å². The van der Waals surface area contributed by atoms with Gasteiger partial charge in [-0.25, -0.2) is 0 Å². The van der Waals surface area contributed by atoms with E-state index in [9.17, 15) is 0 Å². The molecule has 0 heterocycles. The van der Waals surface area contributed by atoms with E-state index in [1.165, 1.54) is 19.3 Å². The molecule has 0 aromatic heterocycles. The lowest BCUT2D eigenvalue weighted by Gasteiger charge is -2.22. The molecule has 74 valence electrons. The highest BCUT2D eigenvalue weighted by atomic mass is 14.9. The second kappa shape index (κ2) is 3.83. The Bertz CT molecular complexity index is 197. The smallest absolute Gasteiger partial charge is 0.00414 e. The van der Waals surface area contributed by atoms with Crippen molar-refractivity contribution >= 4 is 0 Å². The van der Waals surface area contributed by atoms with Gasteiger partial charge in [0.2, 0.25) is 0 Å². The molecule has 0 amide bonds. The molecular weight excluding hydrogens is 158 g/mol. The summed E-state index contributed by atoms with van der Waals surface area (Å²) >= 11 is 0. The van der Waals surface area contributed by atoms with Crippen molar-refractivity contribution in [3.8, 4) is 0 Å². The SMILES string of the molecule is CCNC(C)CC1CC2C=CC1C2. The fourth-order valence-corrected chi connectivity index (χ4v) is 3.05. The van der Waals surface area contributed by atoms with E-state index in [2.05, 4.69) is 31.3 Å². The van der Waals surface area contributed by atoms with Crippen molar-refractivity contribution in [1.29, 1.82) is 0 Å². The van der Waals surface area contributed by atoms with Crippen LogP contribution in [-0.2, 0) is 0 Å². The fraction of sp³-hybridized carbons (Fsp3) is 0.833. The molecule has 2 bridgehead atoms. The lowest BCUT2D eigenvalue weighted by molar-refractivity contribution is 0.358. The quantitative estimate of drug-likeness (QED) is 0.654. The van der Waals surface area contributed by atoms with Crippen molar-refractivity contribution in [2.45, 2.75) is 39.2 Å². The Balaban J connectivity index is 1.80. The highest BCUT2D eigenvalue weighted by molar-refractivity contribution is 5.10. The van der Waals surface area contributed by atoms with Gasteiger partial charge in [-0.2, -0.15) is 0 Å². The lowest BCUT2D eigenvalue weighted by atomic mass is 9.88. The average molecular weight is 179 g/mol. The van der Waals surface area contributed by atoms with E-state index in [0.29, 0.717) is 6.04 Å². The minimum absolute atomic E-state index is 0.711. The third kappa shape index (κ3) is 1.96. The zero-order chi connectivity index (χ0) is 9.26. The molecule has 0 aromatic rings. The van der Waals surface area contributed by atoms with Gasteiger partial charge in [0.25, 0.3) is 0 Å². The molecule has 2 rings (SSSR count). The summed E-state index contributed by atoms with van der Waals surface area (Å²) in [7, 11) is 0. The number of allylic oxidation sites excluding steroid dienone is 2. The molecular formula is C12H21N. The second-order valence-corrected chi connectivity index (χ2v) is 4.73. The number of nitrogens with one attached hydrogen (secondary N) is 1. The van der Waals surface area contributed by atoms with Gasteiger partial charge in [0.1, 0.15) is 0 Å². The van der Waals surface area contributed by atoms with Gasteiger partial charge in [0.05, 0.1) is 0 Å². The van der Waals surface area contributed by atoms with Crippen LogP contribution in [0.25, 0.3) is 0 Å². The van der Waals surface area contributed by atoms with Gasteiger partial charge < -0.3 is 5.32 Å². The van der Waals surface area contributed by atoms with E-state index in [4.69, 9.17) is 0 Å². The third-order valence-corrected chi connectivity index (χ3v) is 3.63. The van der Waals surface area contributed by atoms with Crippen LogP contribution < -0.4 is 5.32 Å². The summed E-state index contributed by atoms with van der Waals surface area (Å²) in [5.74, 6) is 2.83. The van der Waals surface area contributed by atoms with Gasteiger partial charge in [-0.1, -0.05) is 19.1 Å². The van der Waals surface area contributed by atoms with Crippen molar-refractivity contribution in [3.05, 3.63) is 12.2 Å². The maximum atomic E-state index is 3.51. The van der Waals surface area contributed by atoms with Crippen LogP contribution in [0.4, 0.5) is 0 Å². The third-order valence-electron chi connectivity index (χ3n) is 3.63. The molecule has 0 aromatic carbocycles. The first-order valence-corrected chi connectivity index (χ1v) is 5.71. The summed E-state index contributed by atoms with van der Waals surface area (Å²) in [4.78, 5) is 0. The summed E-state index contributed by atoms with van der Waals surface area (Å²) in [5.41, 5.74) is 0. The molecule has 4 unspecified atom stereocenters. The molecule has 2 aliphatic carbocycles. The number of hydrogen-bond donors (Lipinski definition) is 1. The zero-order valence-corrected chi connectivity index (χ0v) is 8.79. The van der Waals surface area contributed by atoms with Crippen LogP contribution in [0, 0.1) is 17.8 Å². The lowest BCUT2D eigenvalue weighted by Crippen LogP contribution is -2.29. The molecule has 0 saturated heterocycles. The summed E-state index contributed by atoms with van der Waals surface area (Å²) in [6.45, 7) is 5.62. The largest absolute Gasteiger partial charge is 0.315 e. The van der Waals surface area contributed by atoms with Crippen LogP contribution in [-0.4, -0.2) is 12.6 Å². The number of rotatable bonds is 4. The van der Waals surface area contributed by atoms with Gasteiger partial charge in [-0.3, -0.25) is 0 Å². The zero-order valence-electron chi connectivity index (χ0n) is 8.79. The molecule has 1 nitrogen and oxygen atoms in total. The summed E-state index contributed by atoms with van der Waals surface area (Å²) in [6.07, 6.45) is 9.16. The van der Waals surface area contributed by atoms with Crippen LogP contribution in [0.2, 0.25) is 0 Å². The van der Waals surface area contributed by atoms with E-state index < -0.39 is 0 Å². The predicted molar refractivity (Wildman–Crippen MR) is 56.6 cm³/mol. The topological polar surface area (TPSA) is 12.0 Å². The van der Waals surface area contributed by atoms with E-state index >= 15 is 0 Å². The number of hydrogen-bond acceptors (Lipinski definition) is 1. The van der Waals surface area contributed by atoms with Gasteiger partial charge in [-0.05, 0) is 50.5 Å². The minimum atomic E-state index is 0.711. The summed E-state index contributed by atoms with van der Waals surface area (Å²) < 4.78 is 0. The first-order valence-electron chi connectivity index (χ1n) is 5.71. The monoisotopic (exact) mass is 179 g/mol. The molecule has 2 aliphatic rings. The predicted octanol–water partition coefficient (Wildman–Crippen LogP) is 2.59. The van der Waals surface area contributed by atoms with Gasteiger partial charge in [-0.15, -0.1) is 0 Å². The molecule has 1 fully saturated rings. The van der Waals surface area contributed by atoms with Crippen LogP contribution in [0.15, 0.2) is 12.2 Å². The Morgan fingerprint density at radius 1 is 1.38 bits per heavy atom. The molecule has 13 heavy (non-hydrogen) atoms. The second-order valence-electron chi connectivity index (χ2n) is 4.73. The van der Waals surface area contributed by atoms with Crippen LogP contribution in [0.3, 0.4) is 0 Å². The minimum Gasteiger partial charge on any atom is -0.315 e. The van der Waals surface area contributed by atoms with Gasteiger partial charge in [0.15, 0.2) is 0 Å². The Hall–Kier alpha value is -0.300. The first kappa shape index (κ1) is 9.26. The highest BCUT2D eigenvalue weighted by Crippen LogP contribution is 2.45. The summed E-state index contributed by atoms with van der Waals surface area (Å²) in [6, 6.07) is 0.711. The van der Waals surface area contributed by atoms with Crippen molar-refractivity contribution in [1.82, 2.24) is 5.32 Å². The molecule has 1 heteroatoms. The van der Waals surface area contributed by atoms with Gasteiger partial charge >= 0.3 is 0 Å². The standard InChI is InChI=1S/C12H21N/c1-3-13-9(2)6-12-8-10-4-5-11(12)7-10/h4-5,9-13H,3,6-8H2,1-2H3. The Morgan fingerprint density at radius 2 is 2.23 bits per heavy atom. The Kier molecular flexibility index (Phi) is 2.73. The molecule has 4 atom stereocenters. The molecule has 0 spiro atoms.